The van der Waals surface area contributed by atoms with Crippen LogP contribution in [-0.4, -0.2) is 30.2 Å². The van der Waals surface area contributed by atoms with E-state index in [-0.39, 0.29) is 18.2 Å². The van der Waals surface area contributed by atoms with Crippen molar-refractivity contribution < 1.29 is 14.3 Å². The lowest BCUT2D eigenvalue weighted by Gasteiger charge is -2.35. The summed E-state index contributed by atoms with van der Waals surface area (Å²) in [6.45, 7) is 6.26. The molecule has 0 aromatic heterocycles. The fourth-order valence-corrected chi connectivity index (χ4v) is 1.84. The maximum absolute atomic E-state index is 12.5. The van der Waals surface area contributed by atoms with Gasteiger partial charge in [0.15, 0.2) is 11.5 Å². The Morgan fingerprint density at radius 2 is 1.95 bits per heavy atom. The molecule has 1 aliphatic rings. The first kappa shape index (κ1) is 13.5. The van der Waals surface area contributed by atoms with Gasteiger partial charge in [-0.15, -0.1) is 0 Å². The summed E-state index contributed by atoms with van der Waals surface area (Å²) in [6.07, 6.45) is 0.861. The Balaban J connectivity index is 2.34. The van der Waals surface area contributed by atoms with Gasteiger partial charge in [0.2, 0.25) is 6.79 Å². The number of rotatable bonds is 3. The summed E-state index contributed by atoms with van der Waals surface area (Å²) in [6, 6.07) is 3.30. The van der Waals surface area contributed by atoms with E-state index < -0.39 is 0 Å². The van der Waals surface area contributed by atoms with Crippen LogP contribution in [0.5, 0.6) is 11.5 Å². The van der Waals surface area contributed by atoms with Gasteiger partial charge in [-0.1, -0.05) is 6.92 Å². The molecule has 1 heterocycles. The predicted molar refractivity (Wildman–Crippen MR) is 73.4 cm³/mol. The van der Waals surface area contributed by atoms with Crippen LogP contribution in [0.2, 0.25) is 0 Å². The Hall–Kier alpha value is -1.91. The number of carbonyl (C=O) groups is 1. The van der Waals surface area contributed by atoms with E-state index in [9.17, 15) is 4.79 Å². The molecular weight excluding hydrogens is 244 g/mol. The smallest absolute Gasteiger partial charge is 0.256 e. The minimum atomic E-state index is -0.222. The highest BCUT2D eigenvalue weighted by molar-refractivity contribution is 6.00. The standard InChI is InChI=1S/C14H20N2O3/c1-5-14(2,3)16(4)13(17)9-6-11-12(7-10(9)15)19-8-18-11/h6-7H,5,8,15H2,1-4H3. The number of hydrogen-bond acceptors (Lipinski definition) is 4. The van der Waals surface area contributed by atoms with Crippen molar-refractivity contribution in [2.45, 2.75) is 32.7 Å². The third kappa shape index (κ3) is 2.32. The summed E-state index contributed by atoms with van der Waals surface area (Å²) in [7, 11) is 1.79. The Labute approximate surface area is 113 Å². The lowest BCUT2D eigenvalue weighted by Crippen LogP contribution is -2.44. The molecule has 0 spiro atoms. The minimum Gasteiger partial charge on any atom is -0.454 e. The topological polar surface area (TPSA) is 64.8 Å². The normalized spacial score (nSPS) is 13.5. The van der Waals surface area contributed by atoms with Gasteiger partial charge < -0.3 is 20.1 Å². The molecule has 1 aromatic carbocycles. The Morgan fingerprint density at radius 1 is 1.37 bits per heavy atom. The molecule has 104 valence electrons. The second kappa shape index (κ2) is 4.64. The van der Waals surface area contributed by atoms with Crippen molar-refractivity contribution in [3.8, 4) is 11.5 Å². The van der Waals surface area contributed by atoms with Gasteiger partial charge in [0.05, 0.1) is 5.56 Å². The highest BCUT2D eigenvalue weighted by atomic mass is 16.7. The van der Waals surface area contributed by atoms with E-state index in [1.165, 1.54) is 0 Å². The van der Waals surface area contributed by atoms with Crippen LogP contribution in [0.4, 0.5) is 5.69 Å². The van der Waals surface area contributed by atoms with Gasteiger partial charge in [-0.05, 0) is 26.3 Å². The summed E-state index contributed by atoms with van der Waals surface area (Å²) in [5.41, 5.74) is 6.57. The van der Waals surface area contributed by atoms with Crippen molar-refractivity contribution in [1.82, 2.24) is 4.90 Å². The molecule has 19 heavy (non-hydrogen) atoms. The molecule has 0 radical (unpaired) electrons. The number of fused-ring (bicyclic) bond motifs is 1. The molecule has 2 N–H and O–H groups in total. The van der Waals surface area contributed by atoms with Crippen molar-refractivity contribution in [3.05, 3.63) is 17.7 Å². The van der Waals surface area contributed by atoms with Gasteiger partial charge in [-0.2, -0.15) is 0 Å². The number of anilines is 1. The second-order valence-corrected chi connectivity index (χ2v) is 5.32. The Morgan fingerprint density at radius 3 is 2.53 bits per heavy atom. The molecule has 0 aliphatic carbocycles. The third-order valence-electron chi connectivity index (χ3n) is 3.85. The molecule has 0 fully saturated rings. The molecule has 1 aliphatic heterocycles. The molecular formula is C14H20N2O3. The third-order valence-corrected chi connectivity index (χ3v) is 3.85. The summed E-state index contributed by atoms with van der Waals surface area (Å²) in [5.74, 6) is 1.05. The average molecular weight is 264 g/mol. The summed E-state index contributed by atoms with van der Waals surface area (Å²) < 4.78 is 10.5. The lowest BCUT2D eigenvalue weighted by atomic mass is 9.98. The average Bonchev–Trinajstić information content (AvgIpc) is 2.83. The molecule has 0 saturated heterocycles. The highest BCUT2D eigenvalue weighted by Crippen LogP contribution is 2.36. The molecule has 2 rings (SSSR count). The van der Waals surface area contributed by atoms with Crippen LogP contribution in [-0.2, 0) is 0 Å². The van der Waals surface area contributed by atoms with E-state index in [4.69, 9.17) is 15.2 Å². The second-order valence-electron chi connectivity index (χ2n) is 5.32. The molecule has 1 aromatic rings. The van der Waals surface area contributed by atoms with Gasteiger partial charge in [0.25, 0.3) is 5.91 Å². The van der Waals surface area contributed by atoms with Crippen molar-refractivity contribution in [1.29, 1.82) is 0 Å². The maximum Gasteiger partial charge on any atom is 0.256 e. The van der Waals surface area contributed by atoms with Gasteiger partial charge in [-0.25, -0.2) is 0 Å². The zero-order valence-corrected chi connectivity index (χ0v) is 11.8. The summed E-state index contributed by atoms with van der Waals surface area (Å²) in [4.78, 5) is 14.2. The number of ether oxygens (including phenoxy) is 2. The Kier molecular flexibility index (Phi) is 3.30. The first-order chi connectivity index (χ1) is 8.86. The van der Waals surface area contributed by atoms with Crippen molar-refractivity contribution >= 4 is 11.6 Å². The number of nitrogens with two attached hydrogens (primary N) is 1. The van der Waals surface area contributed by atoms with Gasteiger partial charge >= 0.3 is 0 Å². The lowest BCUT2D eigenvalue weighted by molar-refractivity contribution is 0.0621. The van der Waals surface area contributed by atoms with Crippen LogP contribution in [0.1, 0.15) is 37.6 Å². The minimum absolute atomic E-state index is 0.109. The number of benzene rings is 1. The van der Waals surface area contributed by atoms with Crippen molar-refractivity contribution in [2.75, 3.05) is 19.6 Å². The monoisotopic (exact) mass is 264 g/mol. The van der Waals surface area contributed by atoms with Crippen LogP contribution in [0.15, 0.2) is 12.1 Å². The van der Waals surface area contributed by atoms with E-state index in [1.807, 2.05) is 20.8 Å². The predicted octanol–water partition coefficient (Wildman–Crippen LogP) is 2.26. The van der Waals surface area contributed by atoms with Crippen molar-refractivity contribution in [3.63, 3.8) is 0 Å². The van der Waals surface area contributed by atoms with Crippen LogP contribution in [0.3, 0.4) is 0 Å². The highest BCUT2D eigenvalue weighted by Gasteiger charge is 2.29. The number of carbonyl (C=O) groups excluding carboxylic acids is 1. The number of amides is 1. The fraction of sp³-hybridized carbons (Fsp3) is 0.500. The van der Waals surface area contributed by atoms with E-state index in [0.29, 0.717) is 22.7 Å². The van der Waals surface area contributed by atoms with E-state index >= 15 is 0 Å². The number of nitrogen functional groups attached to an aromatic ring is 1. The number of hydrogen-bond donors (Lipinski definition) is 1. The molecule has 0 atom stereocenters. The van der Waals surface area contributed by atoms with Gasteiger partial charge in [-0.3, -0.25) is 4.79 Å². The zero-order chi connectivity index (χ0) is 14.2. The first-order valence-electron chi connectivity index (χ1n) is 6.34. The largest absolute Gasteiger partial charge is 0.454 e. The molecule has 0 bridgehead atoms. The van der Waals surface area contributed by atoms with E-state index in [0.717, 1.165) is 6.42 Å². The van der Waals surface area contributed by atoms with E-state index in [2.05, 4.69) is 0 Å². The zero-order valence-electron chi connectivity index (χ0n) is 11.8. The summed E-state index contributed by atoms with van der Waals surface area (Å²) >= 11 is 0. The van der Waals surface area contributed by atoms with E-state index in [1.54, 1.807) is 24.1 Å². The van der Waals surface area contributed by atoms with Gasteiger partial charge in [0, 0.05) is 24.3 Å². The fourth-order valence-electron chi connectivity index (χ4n) is 1.84. The van der Waals surface area contributed by atoms with Crippen LogP contribution in [0.25, 0.3) is 0 Å². The summed E-state index contributed by atoms with van der Waals surface area (Å²) in [5, 5.41) is 0. The van der Waals surface area contributed by atoms with Crippen LogP contribution < -0.4 is 15.2 Å². The molecule has 0 saturated carbocycles. The maximum atomic E-state index is 12.5. The van der Waals surface area contributed by atoms with Crippen molar-refractivity contribution in [2.24, 2.45) is 0 Å². The first-order valence-corrected chi connectivity index (χ1v) is 6.34. The van der Waals surface area contributed by atoms with Gasteiger partial charge in [0.1, 0.15) is 0 Å². The quantitative estimate of drug-likeness (QED) is 0.850. The van der Waals surface area contributed by atoms with Crippen LogP contribution >= 0.6 is 0 Å². The Bertz CT molecular complexity index is 512. The number of nitrogens with zero attached hydrogens (tertiary/aromatic N) is 1. The molecule has 5 nitrogen and oxygen atoms in total. The van der Waals surface area contributed by atoms with Crippen LogP contribution in [0, 0.1) is 0 Å². The molecule has 5 heteroatoms. The molecule has 1 amide bonds. The SMILES string of the molecule is CCC(C)(C)N(C)C(=O)c1cc2c(cc1N)OCO2. The molecule has 0 unspecified atom stereocenters.